The molecule has 0 spiro atoms. The normalized spacial score (nSPS) is 10.7. The number of hydrogen-bond donors (Lipinski definition) is 2. The summed E-state index contributed by atoms with van der Waals surface area (Å²) < 4.78 is 1.80. The van der Waals surface area contributed by atoms with Gasteiger partial charge >= 0.3 is 0 Å². The van der Waals surface area contributed by atoms with E-state index in [0.29, 0.717) is 6.54 Å². The number of rotatable bonds is 2. The molecule has 0 saturated heterocycles. The fourth-order valence-electron chi connectivity index (χ4n) is 1.64. The fraction of sp³-hybridized carbons (Fsp3) is 0.250. The van der Waals surface area contributed by atoms with Crippen molar-refractivity contribution in [3.63, 3.8) is 0 Å². The molecular formula is C12H16N4. The third kappa shape index (κ3) is 1.79. The molecule has 84 valence electrons. The summed E-state index contributed by atoms with van der Waals surface area (Å²) in [5.41, 5.74) is 16.3. The third-order valence-electron chi connectivity index (χ3n) is 2.76. The van der Waals surface area contributed by atoms with Crippen LogP contribution in [0.4, 0.5) is 5.69 Å². The van der Waals surface area contributed by atoms with Gasteiger partial charge in [0, 0.05) is 24.8 Å². The van der Waals surface area contributed by atoms with Gasteiger partial charge in [-0.2, -0.15) is 5.10 Å². The first-order valence-electron chi connectivity index (χ1n) is 5.21. The molecule has 0 radical (unpaired) electrons. The standard InChI is InChI=1S/C12H16N4/c1-8-3-4-9(5-11(8)14)12-6-10(7-13)16(2)15-12/h3-6H,7,13-14H2,1-2H3. The molecule has 0 aliphatic carbocycles. The molecule has 0 atom stereocenters. The molecule has 1 aromatic carbocycles. The molecule has 16 heavy (non-hydrogen) atoms. The Morgan fingerprint density at radius 3 is 2.62 bits per heavy atom. The van der Waals surface area contributed by atoms with Crippen molar-refractivity contribution >= 4 is 5.69 Å². The molecular weight excluding hydrogens is 200 g/mol. The maximum Gasteiger partial charge on any atom is 0.0927 e. The van der Waals surface area contributed by atoms with Crippen LogP contribution < -0.4 is 11.5 Å². The Bertz CT molecular complexity index is 514. The maximum atomic E-state index is 5.88. The van der Waals surface area contributed by atoms with Gasteiger partial charge in [0.1, 0.15) is 0 Å². The lowest BCUT2D eigenvalue weighted by Gasteiger charge is -2.01. The minimum absolute atomic E-state index is 0.491. The summed E-state index contributed by atoms with van der Waals surface area (Å²) in [6.45, 7) is 2.48. The fourth-order valence-corrected chi connectivity index (χ4v) is 1.64. The zero-order chi connectivity index (χ0) is 11.7. The number of hydrogen-bond acceptors (Lipinski definition) is 3. The molecule has 4 N–H and O–H groups in total. The lowest BCUT2D eigenvalue weighted by Crippen LogP contribution is -2.03. The Morgan fingerprint density at radius 2 is 2.06 bits per heavy atom. The van der Waals surface area contributed by atoms with E-state index < -0.39 is 0 Å². The first kappa shape index (κ1) is 10.7. The maximum absolute atomic E-state index is 5.88. The SMILES string of the molecule is Cc1ccc(-c2cc(CN)n(C)n2)cc1N. The first-order chi connectivity index (χ1) is 7.61. The molecule has 4 nitrogen and oxygen atoms in total. The van der Waals surface area contributed by atoms with Gasteiger partial charge in [-0.05, 0) is 24.6 Å². The van der Waals surface area contributed by atoms with E-state index in [2.05, 4.69) is 5.10 Å². The Morgan fingerprint density at radius 1 is 1.31 bits per heavy atom. The van der Waals surface area contributed by atoms with E-state index >= 15 is 0 Å². The van der Waals surface area contributed by atoms with Crippen LogP contribution in [0.1, 0.15) is 11.3 Å². The van der Waals surface area contributed by atoms with Crippen LogP contribution in [0.25, 0.3) is 11.3 Å². The second kappa shape index (κ2) is 3.98. The molecule has 0 bridgehead atoms. The topological polar surface area (TPSA) is 69.9 Å². The van der Waals surface area contributed by atoms with Gasteiger partial charge in [0.15, 0.2) is 0 Å². The van der Waals surface area contributed by atoms with Crippen molar-refractivity contribution in [1.29, 1.82) is 0 Å². The molecule has 1 aromatic heterocycles. The van der Waals surface area contributed by atoms with E-state index in [0.717, 1.165) is 28.2 Å². The van der Waals surface area contributed by atoms with Crippen LogP contribution in [-0.2, 0) is 13.6 Å². The van der Waals surface area contributed by atoms with E-state index in [9.17, 15) is 0 Å². The van der Waals surface area contributed by atoms with E-state index in [-0.39, 0.29) is 0 Å². The lowest BCUT2D eigenvalue weighted by atomic mass is 10.1. The van der Waals surface area contributed by atoms with Crippen LogP contribution in [-0.4, -0.2) is 9.78 Å². The summed E-state index contributed by atoms with van der Waals surface area (Å²) in [5, 5.41) is 4.40. The van der Waals surface area contributed by atoms with Gasteiger partial charge in [-0.15, -0.1) is 0 Å². The number of benzene rings is 1. The highest BCUT2D eigenvalue weighted by Gasteiger charge is 2.06. The minimum atomic E-state index is 0.491. The summed E-state index contributed by atoms with van der Waals surface area (Å²) in [7, 11) is 1.89. The Hall–Kier alpha value is -1.81. The van der Waals surface area contributed by atoms with Crippen molar-refractivity contribution < 1.29 is 0 Å². The number of anilines is 1. The molecule has 2 rings (SSSR count). The summed E-state index contributed by atoms with van der Waals surface area (Å²) in [5.74, 6) is 0. The van der Waals surface area contributed by atoms with Gasteiger partial charge in [0.25, 0.3) is 0 Å². The second-order valence-corrected chi connectivity index (χ2v) is 3.92. The number of nitrogen functional groups attached to an aromatic ring is 1. The zero-order valence-electron chi connectivity index (χ0n) is 9.57. The molecule has 0 fully saturated rings. The first-order valence-corrected chi connectivity index (χ1v) is 5.21. The van der Waals surface area contributed by atoms with Gasteiger partial charge in [0.05, 0.1) is 11.4 Å². The highest BCUT2D eigenvalue weighted by molar-refractivity contribution is 5.66. The summed E-state index contributed by atoms with van der Waals surface area (Å²) in [4.78, 5) is 0. The van der Waals surface area contributed by atoms with Crippen LogP contribution in [0.15, 0.2) is 24.3 Å². The summed E-state index contributed by atoms with van der Waals surface area (Å²) in [6.07, 6.45) is 0. The Balaban J connectivity index is 2.46. The number of aryl methyl sites for hydroxylation is 2. The second-order valence-electron chi connectivity index (χ2n) is 3.92. The van der Waals surface area contributed by atoms with E-state index in [4.69, 9.17) is 11.5 Å². The van der Waals surface area contributed by atoms with E-state index in [1.807, 2.05) is 38.2 Å². The highest BCUT2D eigenvalue weighted by atomic mass is 15.3. The molecule has 0 aliphatic heterocycles. The quantitative estimate of drug-likeness (QED) is 0.746. The van der Waals surface area contributed by atoms with Crippen molar-refractivity contribution in [3.8, 4) is 11.3 Å². The number of nitrogens with zero attached hydrogens (tertiary/aromatic N) is 2. The molecule has 0 saturated carbocycles. The lowest BCUT2D eigenvalue weighted by molar-refractivity contribution is 0.714. The Kier molecular flexibility index (Phi) is 2.66. The smallest absolute Gasteiger partial charge is 0.0927 e. The van der Waals surface area contributed by atoms with Gasteiger partial charge < -0.3 is 11.5 Å². The predicted octanol–water partition coefficient (Wildman–Crippen LogP) is 1.44. The van der Waals surface area contributed by atoms with E-state index in [1.165, 1.54) is 0 Å². The Labute approximate surface area is 94.9 Å². The van der Waals surface area contributed by atoms with Crippen molar-refractivity contribution in [2.45, 2.75) is 13.5 Å². The van der Waals surface area contributed by atoms with Crippen molar-refractivity contribution in [1.82, 2.24) is 9.78 Å². The molecule has 2 aromatic rings. The van der Waals surface area contributed by atoms with Crippen molar-refractivity contribution in [2.75, 3.05) is 5.73 Å². The molecule has 0 aliphatic rings. The van der Waals surface area contributed by atoms with Crippen LogP contribution in [0.5, 0.6) is 0 Å². The zero-order valence-corrected chi connectivity index (χ0v) is 9.57. The predicted molar refractivity (Wildman–Crippen MR) is 65.7 cm³/mol. The van der Waals surface area contributed by atoms with Gasteiger partial charge in [-0.25, -0.2) is 0 Å². The van der Waals surface area contributed by atoms with Crippen molar-refractivity contribution in [2.24, 2.45) is 12.8 Å². The number of nitrogens with two attached hydrogens (primary N) is 2. The number of aromatic nitrogens is 2. The highest BCUT2D eigenvalue weighted by Crippen LogP contribution is 2.23. The molecule has 1 heterocycles. The van der Waals surface area contributed by atoms with E-state index in [1.54, 1.807) is 4.68 Å². The minimum Gasteiger partial charge on any atom is -0.398 e. The van der Waals surface area contributed by atoms with Gasteiger partial charge in [-0.3, -0.25) is 4.68 Å². The van der Waals surface area contributed by atoms with Crippen LogP contribution >= 0.6 is 0 Å². The third-order valence-corrected chi connectivity index (χ3v) is 2.76. The van der Waals surface area contributed by atoms with Crippen LogP contribution in [0.2, 0.25) is 0 Å². The van der Waals surface area contributed by atoms with Crippen LogP contribution in [0.3, 0.4) is 0 Å². The molecule has 0 amide bonds. The van der Waals surface area contributed by atoms with Crippen LogP contribution in [0, 0.1) is 6.92 Å². The monoisotopic (exact) mass is 216 g/mol. The molecule has 4 heteroatoms. The summed E-state index contributed by atoms with van der Waals surface area (Å²) in [6, 6.07) is 7.96. The average molecular weight is 216 g/mol. The molecule has 0 unspecified atom stereocenters. The van der Waals surface area contributed by atoms with Gasteiger partial charge in [-0.1, -0.05) is 12.1 Å². The largest absolute Gasteiger partial charge is 0.398 e. The average Bonchev–Trinajstić information content (AvgIpc) is 2.64. The van der Waals surface area contributed by atoms with Crippen molar-refractivity contribution in [3.05, 3.63) is 35.5 Å². The van der Waals surface area contributed by atoms with Gasteiger partial charge in [0.2, 0.25) is 0 Å². The summed E-state index contributed by atoms with van der Waals surface area (Å²) >= 11 is 0.